The SMILES string of the molecule is C#Cc1ccnc(-c2ccccc2)c1. The van der Waals surface area contributed by atoms with E-state index in [0.29, 0.717) is 0 Å². The number of hydrogen-bond acceptors (Lipinski definition) is 1. The third kappa shape index (κ3) is 1.65. The molecule has 0 unspecified atom stereocenters. The number of rotatable bonds is 1. The lowest BCUT2D eigenvalue weighted by atomic mass is 10.1. The summed E-state index contributed by atoms with van der Waals surface area (Å²) >= 11 is 0. The summed E-state index contributed by atoms with van der Waals surface area (Å²) in [5.74, 6) is 2.60. The van der Waals surface area contributed by atoms with Crippen molar-refractivity contribution < 1.29 is 0 Å². The molecule has 0 radical (unpaired) electrons. The van der Waals surface area contributed by atoms with E-state index in [9.17, 15) is 0 Å². The van der Waals surface area contributed by atoms with Gasteiger partial charge in [-0.05, 0) is 12.1 Å². The topological polar surface area (TPSA) is 12.9 Å². The van der Waals surface area contributed by atoms with Gasteiger partial charge in [0.15, 0.2) is 0 Å². The van der Waals surface area contributed by atoms with E-state index in [1.54, 1.807) is 6.20 Å². The zero-order chi connectivity index (χ0) is 9.80. The smallest absolute Gasteiger partial charge is 0.0714 e. The lowest BCUT2D eigenvalue weighted by Gasteiger charge is -1.99. The van der Waals surface area contributed by atoms with Gasteiger partial charge in [0.2, 0.25) is 0 Å². The van der Waals surface area contributed by atoms with Crippen LogP contribution in [0.4, 0.5) is 0 Å². The molecule has 0 bridgehead atoms. The third-order valence-electron chi connectivity index (χ3n) is 2.00. The minimum Gasteiger partial charge on any atom is -0.256 e. The maximum Gasteiger partial charge on any atom is 0.0714 e. The fourth-order valence-corrected chi connectivity index (χ4v) is 1.29. The molecule has 66 valence electrons. The van der Waals surface area contributed by atoms with Crippen LogP contribution in [0.3, 0.4) is 0 Å². The summed E-state index contributed by atoms with van der Waals surface area (Å²) in [6.07, 6.45) is 7.05. The molecule has 0 amide bonds. The summed E-state index contributed by atoms with van der Waals surface area (Å²) < 4.78 is 0. The molecule has 0 N–H and O–H groups in total. The molecule has 0 atom stereocenters. The van der Waals surface area contributed by atoms with Crippen molar-refractivity contribution in [3.05, 3.63) is 54.2 Å². The summed E-state index contributed by atoms with van der Waals surface area (Å²) in [4.78, 5) is 4.26. The molecule has 1 aromatic carbocycles. The van der Waals surface area contributed by atoms with Gasteiger partial charge in [0.25, 0.3) is 0 Å². The van der Waals surface area contributed by atoms with Crippen molar-refractivity contribution in [3.63, 3.8) is 0 Å². The second kappa shape index (κ2) is 3.76. The van der Waals surface area contributed by atoms with Gasteiger partial charge in [-0.1, -0.05) is 36.3 Å². The van der Waals surface area contributed by atoms with Gasteiger partial charge in [0.1, 0.15) is 0 Å². The Bertz CT molecular complexity index is 466. The number of aromatic nitrogens is 1. The van der Waals surface area contributed by atoms with Crippen LogP contribution in [0.25, 0.3) is 11.3 Å². The molecule has 1 heterocycles. The molecule has 0 spiro atoms. The number of benzene rings is 1. The highest BCUT2D eigenvalue weighted by atomic mass is 14.7. The number of hydrogen-bond donors (Lipinski definition) is 0. The van der Waals surface area contributed by atoms with Crippen molar-refractivity contribution in [2.45, 2.75) is 0 Å². The molecule has 1 heteroatoms. The average molecular weight is 179 g/mol. The highest BCUT2D eigenvalue weighted by Gasteiger charge is 1.97. The Labute approximate surface area is 83.4 Å². The number of nitrogens with zero attached hydrogens (tertiary/aromatic N) is 1. The predicted molar refractivity (Wildman–Crippen MR) is 57.6 cm³/mol. The molecule has 0 aliphatic carbocycles. The predicted octanol–water partition coefficient (Wildman–Crippen LogP) is 2.73. The number of pyridine rings is 1. The average Bonchev–Trinajstić information content (AvgIpc) is 2.30. The molecule has 0 aliphatic heterocycles. The van der Waals surface area contributed by atoms with E-state index in [2.05, 4.69) is 10.9 Å². The van der Waals surface area contributed by atoms with Crippen LogP contribution in [0, 0.1) is 12.3 Å². The number of terminal acetylenes is 1. The lowest BCUT2D eigenvalue weighted by Crippen LogP contribution is -1.83. The summed E-state index contributed by atoms with van der Waals surface area (Å²) in [5, 5.41) is 0. The summed E-state index contributed by atoms with van der Waals surface area (Å²) in [7, 11) is 0. The van der Waals surface area contributed by atoms with Crippen LogP contribution in [0.1, 0.15) is 5.56 Å². The van der Waals surface area contributed by atoms with Gasteiger partial charge in [-0.15, -0.1) is 6.42 Å². The van der Waals surface area contributed by atoms with Crippen LogP contribution in [0.15, 0.2) is 48.7 Å². The van der Waals surface area contributed by atoms with Gasteiger partial charge >= 0.3 is 0 Å². The van der Waals surface area contributed by atoms with Gasteiger partial charge in [0.05, 0.1) is 5.69 Å². The third-order valence-corrected chi connectivity index (χ3v) is 2.00. The van der Waals surface area contributed by atoms with Crippen LogP contribution < -0.4 is 0 Å². The second-order valence-electron chi connectivity index (χ2n) is 2.94. The van der Waals surface area contributed by atoms with Gasteiger partial charge in [0, 0.05) is 17.3 Å². The fraction of sp³-hybridized carbons (Fsp3) is 0. The van der Waals surface area contributed by atoms with E-state index in [0.717, 1.165) is 16.8 Å². The first-order valence-corrected chi connectivity index (χ1v) is 4.38. The van der Waals surface area contributed by atoms with E-state index in [-0.39, 0.29) is 0 Å². The Kier molecular flexibility index (Phi) is 2.29. The first-order valence-electron chi connectivity index (χ1n) is 4.38. The molecular formula is C13H9N. The molecule has 0 saturated heterocycles. The van der Waals surface area contributed by atoms with Crippen LogP contribution in [-0.2, 0) is 0 Å². The Morgan fingerprint density at radius 2 is 1.86 bits per heavy atom. The Morgan fingerprint density at radius 1 is 1.07 bits per heavy atom. The zero-order valence-electron chi connectivity index (χ0n) is 7.64. The van der Waals surface area contributed by atoms with E-state index < -0.39 is 0 Å². The first kappa shape index (κ1) is 8.52. The summed E-state index contributed by atoms with van der Waals surface area (Å²) in [5.41, 5.74) is 2.87. The van der Waals surface area contributed by atoms with E-state index in [4.69, 9.17) is 6.42 Å². The lowest BCUT2D eigenvalue weighted by molar-refractivity contribution is 1.32. The zero-order valence-corrected chi connectivity index (χ0v) is 7.64. The van der Waals surface area contributed by atoms with Gasteiger partial charge in [-0.3, -0.25) is 4.98 Å². The quantitative estimate of drug-likeness (QED) is 0.613. The van der Waals surface area contributed by atoms with E-state index in [1.807, 2.05) is 42.5 Å². The van der Waals surface area contributed by atoms with Crippen LogP contribution in [-0.4, -0.2) is 4.98 Å². The fourth-order valence-electron chi connectivity index (χ4n) is 1.29. The van der Waals surface area contributed by atoms with Crippen molar-refractivity contribution in [1.29, 1.82) is 0 Å². The van der Waals surface area contributed by atoms with Crippen molar-refractivity contribution >= 4 is 0 Å². The van der Waals surface area contributed by atoms with Gasteiger partial charge < -0.3 is 0 Å². The molecule has 1 aromatic heterocycles. The molecule has 2 aromatic rings. The minimum absolute atomic E-state index is 0.860. The molecule has 2 rings (SSSR count). The first-order chi connectivity index (χ1) is 6.90. The molecule has 0 fully saturated rings. The van der Waals surface area contributed by atoms with Crippen molar-refractivity contribution in [3.8, 4) is 23.6 Å². The molecular weight excluding hydrogens is 170 g/mol. The van der Waals surface area contributed by atoms with Crippen molar-refractivity contribution in [1.82, 2.24) is 4.98 Å². The van der Waals surface area contributed by atoms with Crippen LogP contribution >= 0.6 is 0 Å². The minimum atomic E-state index is 0.860. The second-order valence-corrected chi connectivity index (χ2v) is 2.94. The maximum absolute atomic E-state index is 5.32. The van der Waals surface area contributed by atoms with Gasteiger partial charge in [-0.25, -0.2) is 0 Å². The Morgan fingerprint density at radius 3 is 2.57 bits per heavy atom. The summed E-state index contributed by atoms with van der Waals surface area (Å²) in [6.45, 7) is 0. The Hall–Kier alpha value is -2.07. The molecule has 0 aliphatic rings. The molecule has 14 heavy (non-hydrogen) atoms. The Balaban J connectivity index is 2.49. The van der Waals surface area contributed by atoms with E-state index in [1.165, 1.54) is 0 Å². The summed E-state index contributed by atoms with van der Waals surface area (Å²) in [6, 6.07) is 13.7. The monoisotopic (exact) mass is 179 g/mol. The highest BCUT2D eigenvalue weighted by molar-refractivity contribution is 5.60. The van der Waals surface area contributed by atoms with Gasteiger partial charge in [-0.2, -0.15) is 0 Å². The van der Waals surface area contributed by atoms with Crippen LogP contribution in [0.5, 0.6) is 0 Å². The van der Waals surface area contributed by atoms with E-state index >= 15 is 0 Å². The molecule has 0 saturated carbocycles. The standard InChI is InChI=1S/C13H9N/c1-2-11-8-9-14-13(10-11)12-6-4-3-5-7-12/h1,3-10H. The maximum atomic E-state index is 5.32. The molecule has 1 nitrogen and oxygen atoms in total. The normalized spacial score (nSPS) is 9.36. The van der Waals surface area contributed by atoms with Crippen LogP contribution in [0.2, 0.25) is 0 Å². The van der Waals surface area contributed by atoms with Crippen molar-refractivity contribution in [2.24, 2.45) is 0 Å². The largest absolute Gasteiger partial charge is 0.256 e. The van der Waals surface area contributed by atoms with Crippen molar-refractivity contribution in [2.75, 3.05) is 0 Å². The highest BCUT2D eigenvalue weighted by Crippen LogP contribution is 2.16.